The second-order valence-corrected chi connectivity index (χ2v) is 8.44. The topological polar surface area (TPSA) is 104 Å². The van der Waals surface area contributed by atoms with Crippen LogP contribution in [0.3, 0.4) is 0 Å². The summed E-state index contributed by atoms with van der Waals surface area (Å²) in [7, 11) is -4.20. The summed E-state index contributed by atoms with van der Waals surface area (Å²) in [5.41, 5.74) is 0.486. The largest absolute Gasteiger partial charge is 0.378 e. The number of hydrogen-bond donors (Lipinski definition) is 0. The highest BCUT2D eigenvalue weighted by molar-refractivity contribution is 7.90. The monoisotopic (exact) mass is 401 g/mol. The number of ether oxygens (including phenoxy) is 1. The molecule has 0 spiro atoms. The summed E-state index contributed by atoms with van der Waals surface area (Å²) in [6.45, 7) is 0.718. The van der Waals surface area contributed by atoms with Crippen LogP contribution >= 0.6 is 0 Å². The Morgan fingerprint density at radius 1 is 1.18 bits per heavy atom. The predicted octanol–water partition coefficient (Wildman–Crippen LogP) is 3.29. The first-order valence-corrected chi connectivity index (χ1v) is 10.5. The highest BCUT2D eigenvalue weighted by atomic mass is 32.2. The van der Waals surface area contributed by atoms with Crippen molar-refractivity contribution in [2.75, 3.05) is 6.61 Å². The van der Waals surface area contributed by atoms with Gasteiger partial charge in [-0.2, -0.15) is 0 Å². The third-order valence-electron chi connectivity index (χ3n) is 4.88. The number of nitro benzene ring substituents is 1. The molecule has 1 aliphatic rings. The van der Waals surface area contributed by atoms with Crippen LogP contribution in [0.15, 0.2) is 53.4 Å². The molecule has 4 rings (SSSR count). The first-order valence-electron chi connectivity index (χ1n) is 9.05. The minimum atomic E-state index is -4.20. The lowest BCUT2D eigenvalue weighted by Crippen LogP contribution is -2.18. The standard InChI is InChI=1S/C19H19N3O5S/c23-22(24)17-9-3-4-10-18(17)28(25,26)21-16-8-2-1-7-15(16)20-19(21)12-11-14-6-5-13-27-14/h1-4,7-10,14H,5-6,11-13H2. The van der Waals surface area contributed by atoms with Crippen LogP contribution < -0.4 is 0 Å². The van der Waals surface area contributed by atoms with Crippen LogP contribution in [0, 0.1) is 10.1 Å². The molecule has 9 heteroatoms. The second-order valence-electron chi connectivity index (χ2n) is 6.68. The highest BCUT2D eigenvalue weighted by Crippen LogP contribution is 2.30. The fourth-order valence-electron chi connectivity index (χ4n) is 3.57. The van der Waals surface area contributed by atoms with Gasteiger partial charge in [0, 0.05) is 19.1 Å². The molecular weight excluding hydrogens is 382 g/mol. The van der Waals surface area contributed by atoms with E-state index in [0.717, 1.165) is 23.4 Å². The maximum Gasteiger partial charge on any atom is 0.289 e. The summed E-state index contributed by atoms with van der Waals surface area (Å²) >= 11 is 0. The van der Waals surface area contributed by atoms with Crippen molar-refractivity contribution in [1.82, 2.24) is 8.96 Å². The van der Waals surface area contributed by atoms with Crippen molar-refractivity contribution in [3.05, 3.63) is 64.5 Å². The average Bonchev–Trinajstić information content (AvgIpc) is 3.33. The van der Waals surface area contributed by atoms with E-state index in [-0.39, 0.29) is 11.0 Å². The SMILES string of the molecule is O=[N+]([O-])c1ccccc1S(=O)(=O)n1c(CCC2CCCO2)nc2ccccc21. The van der Waals surface area contributed by atoms with Gasteiger partial charge in [-0.3, -0.25) is 10.1 Å². The Labute approximate surface area is 162 Å². The Hall–Kier alpha value is -2.78. The lowest BCUT2D eigenvalue weighted by Gasteiger charge is -2.12. The summed E-state index contributed by atoms with van der Waals surface area (Å²) < 4.78 is 33.6. The summed E-state index contributed by atoms with van der Waals surface area (Å²) in [5, 5.41) is 11.4. The van der Waals surface area contributed by atoms with Crippen LogP contribution in [0.2, 0.25) is 0 Å². The van der Waals surface area contributed by atoms with Gasteiger partial charge in [-0.25, -0.2) is 17.4 Å². The molecule has 0 radical (unpaired) electrons. The predicted molar refractivity (Wildman–Crippen MR) is 103 cm³/mol. The Morgan fingerprint density at radius 3 is 2.68 bits per heavy atom. The van der Waals surface area contributed by atoms with Crippen LogP contribution in [0.5, 0.6) is 0 Å². The van der Waals surface area contributed by atoms with Gasteiger partial charge < -0.3 is 4.74 Å². The number of benzene rings is 2. The smallest absolute Gasteiger partial charge is 0.289 e. The zero-order valence-corrected chi connectivity index (χ0v) is 15.8. The number of hydrogen-bond acceptors (Lipinski definition) is 6. The molecule has 8 nitrogen and oxygen atoms in total. The third kappa shape index (κ3) is 3.27. The van der Waals surface area contributed by atoms with Gasteiger partial charge in [-0.15, -0.1) is 0 Å². The second kappa shape index (κ2) is 7.33. The van der Waals surface area contributed by atoms with Gasteiger partial charge in [0.25, 0.3) is 15.7 Å². The van der Waals surface area contributed by atoms with E-state index in [0.29, 0.717) is 29.7 Å². The highest BCUT2D eigenvalue weighted by Gasteiger charge is 2.31. The molecule has 0 bridgehead atoms. The molecule has 1 unspecified atom stereocenters. The molecule has 2 heterocycles. The first-order chi connectivity index (χ1) is 13.5. The fourth-order valence-corrected chi connectivity index (χ4v) is 5.24. The van der Waals surface area contributed by atoms with E-state index in [1.54, 1.807) is 24.3 Å². The van der Waals surface area contributed by atoms with Crippen LogP contribution in [0.25, 0.3) is 11.0 Å². The van der Waals surface area contributed by atoms with Crippen LogP contribution in [-0.4, -0.2) is 35.0 Å². The molecular formula is C19H19N3O5S. The van der Waals surface area contributed by atoms with Crippen LogP contribution in [0.1, 0.15) is 25.1 Å². The van der Waals surface area contributed by atoms with Crippen LogP contribution in [-0.2, 0) is 21.2 Å². The van der Waals surface area contributed by atoms with Crippen molar-refractivity contribution in [3.63, 3.8) is 0 Å². The zero-order valence-electron chi connectivity index (χ0n) is 15.0. The average molecular weight is 401 g/mol. The number of rotatable bonds is 6. The van der Waals surface area contributed by atoms with Crippen LogP contribution in [0.4, 0.5) is 5.69 Å². The van der Waals surface area contributed by atoms with Gasteiger partial charge in [0.2, 0.25) is 0 Å². The maximum atomic E-state index is 13.4. The fraction of sp³-hybridized carbons (Fsp3) is 0.316. The molecule has 0 amide bonds. The Morgan fingerprint density at radius 2 is 1.93 bits per heavy atom. The van der Waals surface area contributed by atoms with Crippen molar-refractivity contribution in [2.45, 2.75) is 36.7 Å². The molecule has 1 aliphatic heterocycles. The minimum Gasteiger partial charge on any atom is -0.378 e. The molecule has 1 atom stereocenters. The third-order valence-corrected chi connectivity index (χ3v) is 6.67. The van der Waals surface area contributed by atoms with Gasteiger partial charge in [0.1, 0.15) is 5.82 Å². The number of nitro groups is 1. The lowest BCUT2D eigenvalue weighted by atomic mass is 10.1. The zero-order chi connectivity index (χ0) is 19.7. The number of aromatic nitrogens is 2. The molecule has 146 valence electrons. The molecule has 1 fully saturated rings. The molecule has 28 heavy (non-hydrogen) atoms. The molecule has 1 aromatic heterocycles. The molecule has 0 aliphatic carbocycles. The van der Waals surface area contributed by atoms with Gasteiger partial charge in [0.15, 0.2) is 4.90 Å². The Balaban J connectivity index is 1.84. The summed E-state index contributed by atoms with van der Waals surface area (Å²) in [6, 6.07) is 12.3. The van der Waals surface area contributed by atoms with E-state index in [1.807, 2.05) is 0 Å². The minimum absolute atomic E-state index is 0.0852. The molecule has 2 aromatic carbocycles. The van der Waals surface area contributed by atoms with Gasteiger partial charge in [-0.1, -0.05) is 24.3 Å². The van der Waals surface area contributed by atoms with Gasteiger partial charge in [0.05, 0.1) is 22.1 Å². The molecule has 0 N–H and O–H groups in total. The summed E-state index contributed by atoms with van der Waals surface area (Å²) in [6.07, 6.45) is 3.07. The van der Waals surface area contributed by atoms with Gasteiger partial charge >= 0.3 is 0 Å². The Kier molecular flexibility index (Phi) is 4.86. The number of imidazole rings is 1. The quantitative estimate of drug-likeness (QED) is 0.464. The maximum absolute atomic E-state index is 13.4. The van der Waals surface area contributed by atoms with Crippen molar-refractivity contribution >= 4 is 26.7 Å². The van der Waals surface area contributed by atoms with E-state index in [4.69, 9.17) is 4.74 Å². The van der Waals surface area contributed by atoms with E-state index in [2.05, 4.69) is 4.98 Å². The van der Waals surface area contributed by atoms with E-state index in [1.165, 1.54) is 24.3 Å². The number of para-hydroxylation sites is 3. The van der Waals surface area contributed by atoms with Crippen molar-refractivity contribution in [1.29, 1.82) is 0 Å². The molecule has 3 aromatic rings. The van der Waals surface area contributed by atoms with Gasteiger partial charge in [-0.05, 0) is 37.5 Å². The number of fused-ring (bicyclic) bond motifs is 1. The normalized spacial score (nSPS) is 17.2. The summed E-state index contributed by atoms with van der Waals surface area (Å²) in [5.74, 6) is 0.356. The van der Waals surface area contributed by atoms with Crippen molar-refractivity contribution < 1.29 is 18.1 Å². The van der Waals surface area contributed by atoms with E-state index >= 15 is 0 Å². The number of aryl methyl sites for hydroxylation is 1. The first kappa shape index (κ1) is 18.6. The van der Waals surface area contributed by atoms with E-state index in [9.17, 15) is 18.5 Å². The van der Waals surface area contributed by atoms with Crippen molar-refractivity contribution in [3.8, 4) is 0 Å². The number of nitrogens with zero attached hydrogens (tertiary/aromatic N) is 3. The lowest BCUT2D eigenvalue weighted by molar-refractivity contribution is -0.387. The van der Waals surface area contributed by atoms with Crippen molar-refractivity contribution in [2.24, 2.45) is 0 Å². The Bertz CT molecular complexity index is 1130. The molecule has 1 saturated heterocycles. The van der Waals surface area contributed by atoms with E-state index < -0.39 is 20.6 Å². The summed E-state index contributed by atoms with van der Waals surface area (Å²) in [4.78, 5) is 14.9. The molecule has 0 saturated carbocycles.